The van der Waals surface area contributed by atoms with Crippen LogP contribution < -0.4 is 5.56 Å². The smallest absolute Gasteiger partial charge is 0.254 e. The van der Waals surface area contributed by atoms with E-state index < -0.39 is 0 Å². The van der Waals surface area contributed by atoms with Crippen LogP contribution in [-0.2, 0) is 6.42 Å². The van der Waals surface area contributed by atoms with Gasteiger partial charge in [-0.2, -0.15) is 0 Å². The van der Waals surface area contributed by atoms with Crippen molar-refractivity contribution in [1.29, 1.82) is 0 Å². The summed E-state index contributed by atoms with van der Waals surface area (Å²) in [5.41, 5.74) is 1.69. The summed E-state index contributed by atoms with van der Waals surface area (Å²) in [6.07, 6.45) is 0.304. The molecule has 0 saturated heterocycles. The molecule has 0 unspecified atom stereocenters. The van der Waals surface area contributed by atoms with Crippen molar-refractivity contribution in [3.05, 3.63) is 49.3 Å². The van der Waals surface area contributed by atoms with E-state index in [0.717, 1.165) is 10.0 Å². The molecule has 100 valence electrons. The lowest BCUT2D eigenvalue weighted by Gasteiger charge is -2.07. The normalized spacial score (nSPS) is 10.7. The van der Waals surface area contributed by atoms with Gasteiger partial charge in [0.15, 0.2) is 0 Å². The zero-order valence-electron chi connectivity index (χ0n) is 10.2. The number of aliphatic hydroxyl groups is 1. The van der Waals surface area contributed by atoms with Gasteiger partial charge >= 0.3 is 0 Å². The summed E-state index contributed by atoms with van der Waals surface area (Å²) in [5.74, 6) is 0.488. The maximum atomic E-state index is 11.9. The second-order valence-electron chi connectivity index (χ2n) is 4.08. The van der Waals surface area contributed by atoms with E-state index in [1.165, 1.54) is 0 Å². The number of H-pyrrole nitrogens is 1. The van der Waals surface area contributed by atoms with Gasteiger partial charge in [0, 0.05) is 34.3 Å². The summed E-state index contributed by atoms with van der Waals surface area (Å²) < 4.78 is 0.742. The van der Waals surface area contributed by atoms with Gasteiger partial charge < -0.3 is 10.1 Å². The topological polar surface area (TPSA) is 66.0 Å². The Morgan fingerprint density at radius 3 is 2.79 bits per heavy atom. The molecule has 0 amide bonds. The van der Waals surface area contributed by atoms with Gasteiger partial charge in [-0.25, -0.2) is 4.98 Å². The highest BCUT2D eigenvalue weighted by Gasteiger charge is 2.10. The van der Waals surface area contributed by atoms with Crippen molar-refractivity contribution in [2.45, 2.75) is 13.3 Å². The second-order valence-corrected chi connectivity index (χ2v) is 5.34. The van der Waals surface area contributed by atoms with Crippen molar-refractivity contribution in [3.8, 4) is 11.4 Å². The van der Waals surface area contributed by atoms with Crippen LogP contribution >= 0.6 is 27.5 Å². The molecule has 0 aliphatic rings. The summed E-state index contributed by atoms with van der Waals surface area (Å²) in [4.78, 5) is 19.0. The maximum Gasteiger partial charge on any atom is 0.254 e. The first kappa shape index (κ1) is 14.2. The molecule has 0 bridgehead atoms. The second kappa shape index (κ2) is 5.86. The van der Waals surface area contributed by atoms with E-state index in [0.29, 0.717) is 28.5 Å². The third-order valence-electron chi connectivity index (χ3n) is 2.78. The number of aliphatic hydroxyl groups excluding tert-OH is 1. The van der Waals surface area contributed by atoms with E-state index in [9.17, 15) is 4.79 Å². The minimum absolute atomic E-state index is 0.0720. The fraction of sp³-hybridized carbons (Fsp3) is 0.231. The van der Waals surface area contributed by atoms with Crippen LogP contribution in [0.5, 0.6) is 0 Å². The number of aryl methyl sites for hydroxylation is 1. The van der Waals surface area contributed by atoms with Crippen molar-refractivity contribution >= 4 is 27.5 Å². The Bertz CT molecular complexity index is 670. The van der Waals surface area contributed by atoms with Crippen molar-refractivity contribution in [1.82, 2.24) is 9.97 Å². The van der Waals surface area contributed by atoms with Crippen LogP contribution in [0.1, 0.15) is 11.3 Å². The number of nitrogens with one attached hydrogen (secondary N) is 1. The van der Waals surface area contributed by atoms with Crippen molar-refractivity contribution < 1.29 is 5.11 Å². The Kier molecular flexibility index (Phi) is 4.39. The van der Waals surface area contributed by atoms with Crippen molar-refractivity contribution in [3.63, 3.8) is 0 Å². The first-order chi connectivity index (χ1) is 9.02. The zero-order valence-corrected chi connectivity index (χ0v) is 12.5. The van der Waals surface area contributed by atoms with Gasteiger partial charge in [0.2, 0.25) is 0 Å². The Morgan fingerprint density at radius 2 is 2.21 bits per heavy atom. The molecule has 4 nitrogen and oxygen atoms in total. The van der Waals surface area contributed by atoms with Crippen LogP contribution in [0.25, 0.3) is 11.4 Å². The molecular formula is C13H12BrClN2O2. The van der Waals surface area contributed by atoms with Gasteiger partial charge in [0.25, 0.3) is 5.56 Å². The first-order valence-electron chi connectivity index (χ1n) is 5.69. The predicted octanol–water partition coefficient (Wildman–Crippen LogP) is 2.70. The third-order valence-corrected chi connectivity index (χ3v) is 3.99. The molecule has 1 aromatic carbocycles. The molecule has 0 aliphatic heterocycles. The van der Waals surface area contributed by atoms with E-state index in [1.807, 2.05) is 0 Å². The van der Waals surface area contributed by atoms with Gasteiger partial charge in [-0.3, -0.25) is 4.79 Å². The Balaban J connectivity index is 2.52. The molecule has 6 heteroatoms. The number of nitrogens with zero attached hydrogens (tertiary/aromatic N) is 1. The number of aromatic nitrogens is 2. The number of benzene rings is 1. The van der Waals surface area contributed by atoms with E-state index in [1.54, 1.807) is 25.1 Å². The molecule has 0 radical (unpaired) electrons. The molecule has 2 aromatic rings. The fourth-order valence-electron chi connectivity index (χ4n) is 1.80. The highest BCUT2D eigenvalue weighted by atomic mass is 79.9. The maximum absolute atomic E-state index is 11.9. The predicted molar refractivity (Wildman–Crippen MR) is 78.5 cm³/mol. The van der Waals surface area contributed by atoms with E-state index in [2.05, 4.69) is 25.9 Å². The summed E-state index contributed by atoms with van der Waals surface area (Å²) >= 11 is 9.27. The molecule has 1 heterocycles. The Hall–Kier alpha value is -1.17. The lowest BCUT2D eigenvalue weighted by molar-refractivity contribution is 0.298. The highest BCUT2D eigenvalue weighted by Crippen LogP contribution is 2.27. The molecule has 0 fully saturated rings. The quantitative estimate of drug-likeness (QED) is 0.900. The van der Waals surface area contributed by atoms with Crippen molar-refractivity contribution in [2.24, 2.45) is 0 Å². The van der Waals surface area contributed by atoms with E-state index >= 15 is 0 Å². The number of hydrogen-bond donors (Lipinski definition) is 2. The van der Waals surface area contributed by atoms with Gasteiger partial charge in [0.1, 0.15) is 5.82 Å². The number of hydrogen-bond acceptors (Lipinski definition) is 3. The van der Waals surface area contributed by atoms with Gasteiger partial charge in [-0.1, -0.05) is 11.6 Å². The summed E-state index contributed by atoms with van der Waals surface area (Å²) in [5, 5.41) is 9.52. The van der Waals surface area contributed by atoms with Gasteiger partial charge in [-0.15, -0.1) is 0 Å². The third kappa shape index (κ3) is 3.05. The van der Waals surface area contributed by atoms with Crippen LogP contribution in [0.15, 0.2) is 27.5 Å². The van der Waals surface area contributed by atoms with E-state index in [-0.39, 0.29) is 12.2 Å². The molecule has 0 atom stereocenters. The lowest BCUT2D eigenvalue weighted by Crippen LogP contribution is -2.18. The van der Waals surface area contributed by atoms with Gasteiger partial charge in [-0.05, 0) is 41.1 Å². The fourth-order valence-corrected chi connectivity index (χ4v) is 2.29. The van der Waals surface area contributed by atoms with Crippen LogP contribution in [0.2, 0.25) is 5.02 Å². The molecule has 2 rings (SSSR count). The molecule has 0 saturated carbocycles. The number of aromatic amines is 1. The number of halogens is 2. The standard InChI is InChI=1S/C13H12BrClN2O2/c1-7-9(4-5-18)13(19)17-12(16-7)8-2-3-11(15)10(14)6-8/h2-3,6,18H,4-5H2,1H3,(H,16,17,19). The molecule has 19 heavy (non-hydrogen) atoms. The van der Waals surface area contributed by atoms with Crippen molar-refractivity contribution in [2.75, 3.05) is 6.61 Å². The average molecular weight is 344 g/mol. The molecule has 2 N–H and O–H groups in total. The van der Waals surface area contributed by atoms with Crippen LogP contribution in [0.3, 0.4) is 0 Å². The minimum Gasteiger partial charge on any atom is -0.396 e. The molecule has 0 aliphatic carbocycles. The molecule has 1 aromatic heterocycles. The van der Waals surface area contributed by atoms with Gasteiger partial charge in [0.05, 0.1) is 5.02 Å². The molecule has 0 spiro atoms. The summed E-state index contributed by atoms with van der Waals surface area (Å²) in [6.45, 7) is 1.69. The van der Waals surface area contributed by atoms with Crippen LogP contribution in [0, 0.1) is 6.92 Å². The molecular weight excluding hydrogens is 332 g/mol. The monoisotopic (exact) mass is 342 g/mol. The lowest BCUT2D eigenvalue weighted by atomic mass is 10.1. The average Bonchev–Trinajstić information content (AvgIpc) is 2.37. The highest BCUT2D eigenvalue weighted by molar-refractivity contribution is 9.10. The first-order valence-corrected chi connectivity index (χ1v) is 6.86. The minimum atomic E-state index is -0.220. The summed E-state index contributed by atoms with van der Waals surface area (Å²) in [7, 11) is 0. The Labute approximate surface area is 123 Å². The van der Waals surface area contributed by atoms with Crippen LogP contribution in [-0.4, -0.2) is 21.7 Å². The largest absolute Gasteiger partial charge is 0.396 e. The van der Waals surface area contributed by atoms with E-state index in [4.69, 9.17) is 16.7 Å². The summed E-state index contributed by atoms with van der Waals surface area (Å²) in [6, 6.07) is 5.32. The zero-order chi connectivity index (χ0) is 14.0. The van der Waals surface area contributed by atoms with Crippen LogP contribution in [0.4, 0.5) is 0 Å². The number of rotatable bonds is 3. The SMILES string of the molecule is Cc1nc(-c2ccc(Cl)c(Br)c2)[nH]c(=O)c1CCO. The Morgan fingerprint density at radius 1 is 1.47 bits per heavy atom.